The van der Waals surface area contributed by atoms with Gasteiger partial charge >= 0.3 is 7.12 Å². The first-order valence-corrected chi connectivity index (χ1v) is 8.27. The zero-order valence-electron chi connectivity index (χ0n) is 11.9. The van der Waals surface area contributed by atoms with Crippen molar-refractivity contribution in [3.05, 3.63) is 47.5 Å². The summed E-state index contributed by atoms with van der Waals surface area (Å²) in [5.41, 5.74) is 1.66. The van der Waals surface area contributed by atoms with E-state index < -0.39 is 23.7 Å². The fourth-order valence-corrected chi connectivity index (χ4v) is 3.70. The van der Waals surface area contributed by atoms with Gasteiger partial charge in [-0.15, -0.1) is 0 Å². The summed E-state index contributed by atoms with van der Waals surface area (Å²) >= 11 is 0. The Balaban J connectivity index is 1.95. The van der Waals surface area contributed by atoms with Crippen molar-refractivity contribution in [2.24, 2.45) is 0 Å². The van der Waals surface area contributed by atoms with Crippen LogP contribution in [-0.2, 0) is 27.9 Å². The predicted octanol–water partition coefficient (Wildman–Crippen LogP) is -0.0970. The van der Waals surface area contributed by atoms with Gasteiger partial charge in [0.05, 0.1) is 18.1 Å². The van der Waals surface area contributed by atoms with Crippen molar-refractivity contribution in [2.75, 3.05) is 4.72 Å². The van der Waals surface area contributed by atoms with E-state index in [4.69, 9.17) is 4.65 Å². The molecule has 2 aromatic carbocycles. The highest BCUT2D eigenvalue weighted by Crippen LogP contribution is 2.24. The molecule has 1 heterocycles. The van der Waals surface area contributed by atoms with Crippen LogP contribution in [0.1, 0.15) is 11.1 Å². The van der Waals surface area contributed by atoms with Crippen LogP contribution in [0.3, 0.4) is 0 Å². The largest absolute Gasteiger partial charge is 0.508 e. The first-order chi connectivity index (χ1) is 10.9. The van der Waals surface area contributed by atoms with Gasteiger partial charge in [-0.2, -0.15) is 0 Å². The van der Waals surface area contributed by atoms with Gasteiger partial charge in [-0.1, -0.05) is 6.07 Å². The van der Waals surface area contributed by atoms with Crippen LogP contribution in [0.4, 0.5) is 5.69 Å². The number of aromatic hydroxyl groups is 1. The summed E-state index contributed by atoms with van der Waals surface area (Å²) in [6.45, 7) is -0.252. The molecule has 0 spiro atoms. The number of phenols is 1. The fourth-order valence-electron chi connectivity index (χ4n) is 2.44. The molecule has 120 valence electrons. The fraction of sp³-hybridized carbons (Fsp3) is 0.143. The van der Waals surface area contributed by atoms with Crippen LogP contribution in [-0.4, -0.2) is 30.8 Å². The van der Waals surface area contributed by atoms with Gasteiger partial charge in [-0.05, 0) is 41.4 Å². The highest BCUT2D eigenvalue weighted by molar-refractivity contribution is 7.92. The summed E-state index contributed by atoms with van der Waals surface area (Å²) < 4.78 is 32.4. The topological polar surface area (TPSA) is 116 Å². The van der Waals surface area contributed by atoms with Gasteiger partial charge in [0.25, 0.3) is 10.0 Å². The Morgan fingerprint density at radius 1 is 1.22 bits per heavy atom. The molecule has 0 saturated heterocycles. The van der Waals surface area contributed by atoms with Crippen LogP contribution in [0.25, 0.3) is 0 Å². The van der Waals surface area contributed by atoms with Crippen LogP contribution in [0.5, 0.6) is 5.75 Å². The third-order valence-corrected chi connectivity index (χ3v) is 5.05. The number of nitrogens with one attached hydrogen (secondary N) is 1. The van der Waals surface area contributed by atoms with E-state index in [1.54, 1.807) is 12.1 Å². The zero-order chi connectivity index (χ0) is 16.6. The minimum atomic E-state index is -3.95. The van der Waals surface area contributed by atoms with Crippen molar-refractivity contribution in [3.63, 3.8) is 0 Å². The Hall–Kier alpha value is -2.07. The van der Waals surface area contributed by atoms with Gasteiger partial charge < -0.3 is 19.9 Å². The number of phenolic OH excluding ortho intramolecular Hbond substituents is 1. The van der Waals surface area contributed by atoms with Crippen LogP contribution in [0.15, 0.2) is 41.3 Å². The lowest BCUT2D eigenvalue weighted by Crippen LogP contribution is -2.28. The molecule has 4 N–H and O–H groups in total. The second-order valence-corrected chi connectivity index (χ2v) is 6.78. The number of hydrogen-bond acceptors (Lipinski definition) is 6. The van der Waals surface area contributed by atoms with E-state index in [1.165, 1.54) is 24.3 Å². The normalized spacial score (nSPS) is 13.9. The van der Waals surface area contributed by atoms with Crippen molar-refractivity contribution in [1.29, 1.82) is 0 Å². The molecule has 0 bridgehead atoms. The van der Waals surface area contributed by atoms with Crippen molar-refractivity contribution >= 4 is 28.3 Å². The summed E-state index contributed by atoms with van der Waals surface area (Å²) in [5.74, 6) is -0.134. The molecule has 0 radical (unpaired) electrons. The second kappa shape index (κ2) is 5.86. The Morgan fingerprint density at radius 3 is 2.74 bits per heavy atom. The SMILES string of the molecule is O=S(=O)(Nc1ccc2c(c1)B(O)OC2)c1ccc(O)cc1CO. The van der Waals surface area contributed by atoms with Gasteiger partial charge in [0.15, 0.2) is 0 Å². The predicted molar refractivity (Wildman–Crippen MR) is 83.7 cm³/mol. The number of sulfonamides is 1. The number of hydrogen-bond donors (Lipinski definition) is 4. The van der Waals surface area contributed by atoms with Gasteiger partial charge in [-0.3, -0.25) is 4.72 Å². The maximum absolute atomic E-state index is 12.5. The molecule has 0 saturated carbocycles. The number of anilines is 1. The molecule has 0 atom stereocenters. The third-order valence-electron chi connectivity index (χ3n) is 3.56. The Bertz CT molecular complexity index is 854. The monoisotopic (exact) mass is 335 g/mol. The number of aliphatic hydroxyl groups excluding tert-OH is 1. The van der Waals surface area contributed by atoms with Crippen molar-refractivity contribution in [2.45, 2.75) is 18.1 Å². The van der Waals surface area contributed by atoms with Crippen molar-refractivity contribution in [1.82, 2.24) is 0 Å². The minimum absolute atomic E-state index is 0.0852. The van der Waals surface area contributed by atoms with E-state index in [9.17, 15) is 23.7 Å². The molecule has 0 amide bonds. The van der Waals surface area contributed by atoms with Gasteiger partial charge in [0.1, 0.15) is 5.75 Å². The molecule has 1 aliphatic rings. The maximum Gasteiger partial charge on any atom is 0.491 e. The molecule has 0 fully saturated rings. The molecule has 3 rings (SSSR count). The lowest BCUT2D eigenvalue weighted by Gasteiger charge is -2.12. The second-order valence-electron chi connectivity index (χ2n) is 5.13. The molecule has 0 aliphatic carbocycles. The highest BCUT2D eigenvalue weighted by Gasteiger charge is 2.28. The highest BCUT2D eigenvalue weighted by atomic mass is 32.2. The first kappa shape index (κ1) is 15.8. The molecular weight excluding hydrogens is 321 g/mol. The zero-order valence-corrected chi connectivity index (χ0v) is 12.7. The average molecular weight is 335 g/mol. The van der Waals surface area contributed by atoms with Gasteiger partial charge in [0, 0.05) is 11.3 Å². The summed E-state index contributed by atoms with van der Waals surface area (Å²) in [5, 5.41) is 28.3. The molecule has 9 heteroatoms. The molecule has 7 nitrogen and oxygen atoms in total. The van der Waals surface area contributed by atoms with Crippen LogP contribution < -0.4 is 10.2 Å². The summed E-state index contributed by atoms with van der Waals surface area (Å²) in [4.78, 5) is -0.130. The maximum atomic E-state index is 12.5. The molecule has 0 aromatic heterocycles. The summed E-state index contributed by atoms with van der Waals surface area (Å²) in [6, 6.07) is 8.38. The first-order valence-electron chi connectivity index (χ1n) is 6.79. The van der Waals surface area contributed by atoms with E-state index in [1.807, 2.05) is 0 Å². The molecule has 0 unspecified atom stereocenters. The molecular formula is C14H14BNO6S. The quantitative estimate of drug-likeness (QED) is 0.580. The average Bonchev–Trinajstić information content (AvgIpc) is 2.87. The Morgan fingerprint density at radius 2 is 2.00 bits per heavy atom. The van der Waals surface area contributed by atoms with Crippen molar-refractivity contribution in [3.8, 4) is 5.75 Å². The summed E-state index contributed by atoms with van der Waals surface area (Å²) in [7, 11) is -5.02. The van der Waals surface area contributed by atoms with E-state index in [-0.39, 0.29) is 28.5 Å². The van der Waals surface area contributed by atoms with E-state index in [2.05, 4.69) is 4.72 Å². The van der Waals surface area contributed by atoms with Crippen molar-refractivity contribution < 1.29 is 28.3 Å². The lowest BCUT2D eigenvalue weighted by atomic mass is 9.79. The van der Waals surface area contributed by atoms with Gasteiger partial charge in [0.2, 0.25) is 0 Å². The van der Waals surface area contributed by atoms with Crippen LogP contribution in [0.2, 0.25) is 0 Å². The number of rotatable bonds is 4. The van der Waals surface area contributed by atoms with Crippen LogP contribution >= 0.6 is 0 Å². The van der Waals surface area contributed by atoms with E-state index in [0.717, 1.165) is 5.56 Å². The summed E-state index contributed by atoms with van der Waals surface area (Å²) in [6.07, 6.45) is 0. The third kappa shape index (κ3) is 3.04. The van der Waals surface area contributed by atoms with Gasteiger partial charge in [-0.25, -0.2) is 8.42 Å². The van der Waals surface area contributed by atoms with E-state index in [0.29, 0.717) is 5.46 Å². The van der Waals surface area contributed by atoms with Crippen LogP contribution in [0, 0.1) is 0 Å². The number of fused-ring (bicyclic) bond motifs is 1. The Labute approximate surface area is 133 Å². The smallest absolute Gasteiger partial charge is 0.491 e. The molecule has 23 heavy (non-hydrogen) atoms. The lowest BCUT2D eigenvalue weighted by molar-refractivity contribution is 0.275. The number of aliphatic hydroxyl groups is 1. The molecule has 2 aromatic rings. The number of benzene rings is 2. The minimum Gasteiger partial charge on any atom is -0.508 e. The van der Waals surface area contributed by atoms with E-state index >= 15 is 0 Å². The standard InChI is InChI=1S/C14H14BNO6S/c17-7-10-5-12(18)3-4-14(10)23(20,21)16-11-2-1-9-8-22-15(19)13(9)6-11/h1-6,16-19H,7-8H2. The molecule has 1 aliphatic heterocycles. The Kier molecular flexibility index (Phi) is 4.03.